The molecule has 5 saturated carbocycles. The molecule has 6 rings (SSSR count). The molecule has 0 radical (unpaired) electrons. The Morgan fingerprint density at radius 3 is 2.15 bits per heavy atom. The Labute approximate surface area is 162 Å². The molecule has 5 nitrogen and oxygen atoms in total. The van der Waals surface area contributed by atoms with Gasteiger partial charge >= 0.3 is 0 Å². The minimum absolute atomic E-state index is 0.0310. The summed E-state index contributed by atoms with van der Waals surface area (Å²) >= 11 is 0. The van der Waals surface area contributed by atoms with Crippen LogP contribution in [0.25, 0.3) is 0 Å². The molecule has 6 aliphatic rings. The largest absolute Gasteiger partial charge is 0.391 e. The lowest BCUT2D eigenvalue weighted by Crippen LogP contribution is -2.58. The van der Waals surface area contributed by atoms with Gasteiger partial charge in [0.25, 0.3) is 0 Å². The van der Waals surface area contributed by atoms with Gasteiger partial charge < -0.3 is 15.3 Å². The van der Waals surface area contributed by atoms with E-state index in [1.807, 2.05) is 4.90 Å². The summed E-state index contributed by atoms with van der Waals surface area (Å²) < 4.78 is 0. The highest BCUT2D eigenvalue weighted by molar-refractivity contribution is 5.91. The number of carbonyl (C=O) groups excluding carboxylic acids is 2. The number of carbonyl (C=O) groups is 2. The third-order valence-corrected chi connectivity index (χ3v) is 8.37. The third kappa shape index (κ3) is 3.10. The van der Waals surface area contributed by atoms with Gasteiger partial charge in [0.15, 0.2) is 0 Å². The average molecular weight is 375 g/mol. The van der Waals surface area contributed by atoms with E-state index in [0.29, 0.717) is 0 Å². The lowest BCUT2D eigenvalue weighted by Gasteiger charge is -2.56. The average Bonchev–Trinajstić information content (AvgIpc) is 3.11. The summed E-state index contributed by atoms with van der Waals surface area (Å²) in [6.45, 7) is 0.728. The van der Waals surface area contributed by atoms with Gasteiger partial charge in [-0.15, -0.1) is 0 Å². The fourth-order valence-corrected chi connectivity index (χ4v) is 7.52. The summed E-state index contributed by atoms with van der Waals surface area (Å²) in [6.07, 6.45) is 12.1. The number of nitrogens with zero attached hydrogens (tertiary/aromatic N) is 1. The molecule has 1 heterocycles. The quantitative estimate of drug-likeness (QED) is 0.798. The van der Waals surface area contributed by atoms with Crippen LogP contribution in [0.15, 0.2) is 0 Å². The Bertz CT molecular complexity index is 583. The van der Waals surface area contributed by atoms with E-state index in [9.17, 15) is 14.7 Å². The van der Waals surface area contributed by atoms with Gasteiger partial charge in [-0.3, -0.25) is 9.59 Å². The second-order valence-electron chi connectivity index (χ2n) is 10.3. The Morgan fingerprint density at radius 1 is 0.889 bits per heavy atom. The number of likely N-dealkylation sites (tertiary alicyclic amines) is 1. The van der Waals surface area contributed by atoms with Crippen molar-refractivity contribution in [2.24, 2.45) is 23.2 Å². The molecule has 0 aromatic heterocycles. The summed E-state index contributed by atoms with van der Waals surface area (Å²) in [5, 5.41) is 13.3. The van der Waals surface area contributed by atoms with E-state index in [1.54, 1.807) is 0 Å². The molecule has 6 fully saturated rings. The lowest BCUT2D eigenvalue weighted by atomic mass is 9.49. The van der Waals surface area contributed by atoms with Crippen LogP contribution in [-0.4, -0.2) is 46.6 Å². The van der Waals surface area contributed by atoms with Gasteiger partial charge in [0.2, 0.25) is 11.8 Å². The highest BCUT2D eigenvalue weighted by Crippen LogP contribution is 2.60. The van der Waals surface area contributed by atoms with Gasteiger partial charge in [-0.05, 0) is 82.0 Å². The van der Waals surface area contributed by atoms with Gasteiger partial charge in [0.05, 0.1) is 17.6 Å². The molecule has 27 heavy (non-hydrogen) atoms. The van der Waals surface area contributed by atoms with Crippen molar-refractivity contribution in [3.8, 4) is 0 Å². The minimum atomic E-state index is -0.434. The number of nitrogens with one attached hydrogen (secondary N) is 1. The summed E-state index contributed by atoms with van der Waals surface area (Å²) in [6, 6.07) is -0.456. The zero-order valence-electron chi connectivity index (χ0n) is 16.4. The molecule has 5 heteroatoms. The first-order valence-electron chi connectivity index (χ1n) is 11.3. The van der Waals surface area contributed by atoms with Gasteiger partial charge in [0.1, 0.15) is 6.04 Å². The molecule has 0 spiro atoms. The Balaban J connectivity index is 1.29. The van der Waals surface area contributed by atoms with Crippen molar-refractivity contribution >= 4 is 11.8 Å². The number of amides is 2. The number of rotatable bonds is 3. The van der Waals surface area contributed by atoms with Crippen LogP contribution in [0.2, 0.25) is 0 Å². The van der Waals surface area contributed by atoms with Crippen LogP contribution in [0, 0.1) is 23.2 Å². The fourth-order valence-electron chi connectivity index (χ4n) is 7.52. The first-order chi connectivity index (χ1) is 13.0. The van der Waals surface area contributed by atoms with E-state index in [1.165, 1.54) is 19.3 Å². The predicted molar refractivity (Wildman–Crippen MR) is 102 cm³/mol. The van der Waals surface area contributed by atoms with Crippen molar-refractivity contribution < 1.29 is 14.7 Å². The molecule has 0 unspecified atom stereocenters. The van der Waals surface area contributed by atoms with Crippen molar-refractivity contribution in [3.63, 3.8) is 0 Å². The molecule has 1 saturated heterocycles. The monoisotopic (exact) mass is 374 g/mol. The second kappa shape index (κ2) is 6.75. The standard InChI is InChI=1S/C22H34N2O3/c25-19-6-2-1-4-17(19)23-20(26)18-5-3-7-24(18)21(27)22-11-14-8-15(12-22)10-16(9-14)13-22/h14-19,25H,1-13H2,(H,23,26)/t14?,15?,16?,17-,18-,19-,22?/m1/s1. The van der Waals surface area contributed by atoms with Crippen LogP contribution in [0.4, 0.5) is 0 Å². The van der Waals surface area contributed by atoms with Crippen LogP contribution in [-0.2, 0) is 9.59 Å². The molecule has 2 amide bonds. The molecule has 1 aliphatic heterocycles. The number of hydrogen-bond donors (Lipinski definition) is 2. The zero-order valence-corrected chi connectivity index (χ0v) is 16.4. The summed E-state index contributed by atoms with van der Waals surface area (Å²) in [5.41, 5.74) is -0.165. The minimum Gasteiger partial charge on any atom is -0.391 e. The van der Waals surface area contributed by atoms with Crippen LogP contribution >= 0.6 is 0 Å². The van der Waals surface area contributed by atoms with E-state index >= 15 is 0 Å². The smallest absolute Gasteiger partial charge is 0.243 e. The van der Waals surface area contributed by atoms with Crippen LogP contribution in [0.3, 0.4) is 0 Å². The van der Waals surface area contributed by atoms with Gasteiger partial charge in [0, 0.05) is 6.54 Å². The molecule has 4 bridgehead atoms. The van der Waals surface area contributed by atoms with Crippen LogP contribution < -0.4 is 5.32 Å². The van der Waals surface area contributed by atoms with Gasteiger partial charge in [-0.25, -0.2) is 0 Å². The molecule has 3 atom stereocenters. The molecule has 2 N–H and O–H groups in total. The highest BCUT2D eigenvalue weighted by Gasteiger charge is 2.56. The highest BCUT2D eigenvalue weighted by atomic mass is 16.3. The van der Waals surface area contributed by atoms with Gasteiger partial charge in [-0.2, -0.15) is 0 Å². The maximum atomic E-state index is 13.7. The van der Waals surface area contributed by atoms with E-state index in [4.69, 9.17) is 0 Å². The molecular formula is C22H34N2O3. The van der Waals surface area contributed by atoms with Crippen LogP contribution in [0.5, 0.6) is 0 Å². The Morgan fingerprint density at radius 2 is 1.52 bits per heavy atom. The van der Waals surface area contributed by atoms with Crippen LogP contribution in [0.1, 0.15) is 77.0 Å². The third-order valence-electron chi connectivity index (χ3n) is 8.37. The molecule has 0 aromatic carbocycles. The molecule has 0 aromatic rings. The maximum absolute atomic E-state index is 13.7. The lowest BCUT2D eigenvalue weighted by molar-refractivity contribution is -0.160. The summed E-state index contributed by atoms with van der Waals surface area (Å²) in [7, 11) is 0. The summed E-state index contributed by atoms with van der Waals surface area (Å²) in [5.74, 6) is 2.48. The fraction of sp³-hybridized carbons (Fsp3) is 0.909. The SMILES string of the molecule is O=C(N[C@@H]1CCCC[C@H]1O)[C@H]1CCCN1C(=O)C12CC3CC(CC(C3)C1)C2. The van der Waals surface area contributed by atoms with Crippen molar-refractivity contribution in [3.05, 3.63) is 0 Å². The number of hydrogen-bond acceptors (Lipinski definition) is 3. The Hall–Kier alpha value is -1.10. The van der Waals surface area contributed by atoms with Gasteiger partial charge in [-0.1, -0.05) is 12.8 Å². The second-order valence-corrected chi connectivity index (χ2v) is 10.3. The Kier molecular flexibility index (Phi) is 4.49. The maximum Gasteiger partial charge on any atom is 0.243 e. The molecule has 150 valence electrons. The van der Waals surface area contributed by atoms with Crippen molar-refractivity contribution in [2.75, 3.05) is 6.54 Å². The van der Waals surface area contributed by atoms with Crippen molar-refractivity contribution in [2.45, 2.75) is 95.2 Å². The van der Waals surface area contributed by atoms with Crippen molar-refractivity contribution in [1.82, 2.24) is 10.2 Å². The predicted octanol–water partition coefficient (Wildman–Crippen LogP) is 2.61. The molecular weight excluding hydrogens is 340 g/mol. The molecule has 5 aliphatic carbocycles. The number of aliphatic hydroxyl groups is 1. The van der Waals surface area contributed by atoms with E-state index < -0.39 is 6.10 Å². The number of aliphatic hydroxyl groups excluding tert-OH is 1. The van der Waals surface area contributed by atoms with E-state index in [-0.39, 0.29) is 29.3 Å². The first-order valence-corrected chi connectivity index (χ1v) is 11.3. The normalized spacial score (nSPS) is 45.9. The topological polar surface area (TPSA) is 69.6 Å². The first kappa shape index (κ1) is 18.0. The van der Waals surface area contributed by atoms with E-state index in [0.717, 1.165) is 82.1 Å². The van der Waals surface area contributed by atoms with E-state index in [2.05, 4.69) is 5.32 Å². The summed E-state index contributed by atoms with van der Waals surface area (Å²) in [4.78, 5) is 28.6. The van der Waals surface area contributed by atoms with Crippen molar-refractivity contribution in [1.29, 1.82) is 0 Å². The zero-order chi connectivity index (χ0) is 18.6.